The SMILES string of the molecule is Cc1cn2cc(-c3cc4sc(N(C)C5CC(C)(C)NC(C)(C)C5)nc4cn3)cc(C(F)(F)F)c2n1.Cc1cn2cc(-c3ccc4nc(C5CCNCC5)sc4c3)cc(C)c2n1.Cn1cc2cc(-c3ccc4nc(C5CCNC(C)(C)C5)sc4c3)ccc2n1. The van der Waals surface area contributed by atoms with E-state index < -0.39 is 11.7 Å². The molecular weight excluding hydrogens is 1170 g/mol. The maximum Gasteiger partial charge on any atom is 0.420 e. The zero-order chi connectivity index (χ0) is 61.6. The van der Waals surface area contributed by atoms with Gasteiger partial charge in [-0.3, -0.25) is 9.67 Å². The maximum absolute atomic E-state index is 13.8. The Balaban J connectivity index is 0.000000123. The van der Waals surface area contributed by atoms with Crippen molar-refractivity contribution in [2.45, 2.75) is 142 Å². The Morgan fingerprint density at radius 3 is 1.81 bits per heavy atom. The van der Waals surface area contributed by atoms with E-state index in [0.717, 1.165) is 88.2 Å². The Kier molecular flexibility index (Phi) is 15.6. The number of rotatable bonds is 7. The van der Waals surface area contributed by atoms with Crippen molar-refractivity contribution in [3.63, 3.8) is 0 Å². The van der Waals surface area contributed by atoms with E-state index in [4.69, 9.17) is 15.0 Å². The summed E-state index contributed by atoms with van der Waals surface area (Å²) in [5.41, 5.74) is 13.0. The number of aromatic nitrogens is 10. The average molecular weight is 1240 g/mol. The van der Waals surface area contributed by atoms with Crippen molar-refractivity contribution in [3.8, 4) is 33.5 Å². The van der Waals surface area contributed by atoms with Crippen molar-refractivity contribution in [1.82, 2.24) is 64.4 Å². The molecule has 3 aromatic carbocycles. The molecule has 3 saturated heterocycles. The number of benzene rings is 3. The van der Waals surface area contributed by atoms with Gasteiger partial charge in [-0.25, -0.2) is 24.9 Å². The number of piperidine rings is 3. The minimum Gasteiger partial charge on any atom is -0.348 e. The number of aryl methyl sites for hydroxylation is 4. The number of imidazole rings is 2. The molecule has 12 heterocycles. The molecule has 3 aliphatic heterocycles. The van der Waals surface area contributed by atoms with Gasteiger partial charge in [-0.15, -0.1) is 22.7 Å². The topological polar surface area (TPSA) is 143 Å². The summed E-state index contributed by atoms with van der Waals surface area (Å²) in [6.07, 6.45) is 13.4. The standard InChI is InChI=1S/C25H29F3N6S.C22H24N4S.C21H22N4S/c1-14-12-34-13-15(7-17(21(34)30-14)25(26,27)28)18-8-20-19(11-29-18)31-22(35-20)33(6)16-9-23(2,3)32-24(4,5)10-16;1-22(2)12-16(8-9-23-22)21-24-19-7-5-15(11-20(19)27-21)14-4-6-18-17(10-14)13-26(3)25-18;1-13-9-17(12-25-11-14(2)23-20(13)25)16-3-4-18-19(10-16)26-21(24-18)15-5-7-22-8-6-15/h7-8,11-13,16,32H,9-10H2,1-6H3;4-7,10-11,13,16,23H,8-9,12H2,1-3H3;3-4,9-12,15,22H,5-8H2,1-2H3. The van der Waals surface area contributed by atoms with Crippen molar-refractivity contribution in [3.05, 3.63) is 143 Å². The minimum atomic E-state index is -4.52. The molecule has 0 aliphatic carbocycles. The molecule has 9 aromatic heterocycles. The maximum atomic E-state index is 13.8. The second kappa shape index (κ2) is 23.0. The van der Waals surface area contributed by atoms with Crippen LogP contribution in [0.2, 0.25) is 0 Å². The Hall–Kier alpha value is -7.20. The molecule has 12 aromatic rings. The highest BCUT2D eigenvalue weighted by Gasteiger charge is 2.40. The Bertz CT molecular complexity index is 4560. The molecule has 456 valence electrons. The Labute approximate surface area is 522 Å². The number of hydrogen-bond acceptors (Lipinski definition) is 14. The van der Waals surface area contributed by atoms with Gasteiger partial charge in [0.25, 0.3) is 0 Å². The van der Waals surface area contributed by atoms with Gasteiger partial charge in [0, 0.05) is 90.5 Å². The van der Waals surface area contributed by atoms with Crippen LogP contribution in [0.3, 0.4) is 0 Å². The molecule has 3 N–H and O–H groups in total. The first-order valence-corrected chi connectivity index (χ1v) is 32.8. The fraction of sp³-hybridized carbons (Fsp3) is 0.397. The molecule has 0 radical (unpaired) electrons. The van der Waals surface area contributed by atoms with E-state index in [9.17, 15) is 13.2 Å². The van der Waals surface area contributed by atoms with Gasteiger partial charge in [-0.2, -0.15) is 18.3 Å². The summed E-state index contributed by atoms with van der Waals surface area (Å²) in [5, 5.41) is 19.9. The highest BCUT2D eigenvalue weighted by atomic mass is 32.1. The summed E-state index contributed by atoms with van der Waals surface area (Å²) in [4.78, 5) is 30.0. The lowest BCUT2D eigenvalue weighted by atomic mass is 9.79. The van der Waals surface area contributed by atoms with Gasteiger partial charge >= 0.3 is 6.18 Å². The van der Waals surface area contributed by atoms with E-state index in [0.29, 0.717) is 34.8 Å². The number of pyridine rings is 3. The van der Waals surface area contributed by atoms with Gasteiger partial charge in [0.05, 0.1) is 69.5 Å². The average Bonchev–Trinajstić information content (AvgIpc) is 1.79. The zero-order valence-electron chi connectivity index (χ0n) is 51.8. The van der Waals surface area contributed by atoms with Crippen LogP contribution >= 0.6 is 34.0 Å². The summed E-state index contributed by atoms with van der Waals surface area (Å²) >= 11 is 5.27. The van der Waals surface area contributed by atoms with Crippen LogP contribution in [0.1, 0.15) is 124 Å². The normalized spacial score (nSPS) is 18.1. The molecule has 14 nitrogen and oxygen atoms in total. The molecule has 0 spiro atoms. The molecule has 0 amide bonds. The molecule has 3 fully saturated rings. The largest absolute Gasteiger partial charge is 0.420 e. The molecule has 0 saturated carbocycles. The smallest absolute Gasteiger partial charge is 0.348 e. The molecule has 1 unspecified atom stereocenters. The molecule has 15 rings (SSSR count). The van der Waals surface area contributed by atoms with Gasteiger partial charge < -0.3 is 29.7 Å². The summed E-state index contributed by atoms with van der Waals surface area (Å²) in [6, 6.07) is 25.3. The number of fused-ring (bicyclic) bond motifs is 6. The van der Waals surface area contributed by atoms with Crippen LogP contribution < -0.4 is 20.9 Å². The first kappa shape index (κ1) is 59.7. The highest BCUT2D eigenvalue weighted by molar-refractivity contribution is 7.22. The minimum absolute atomic E-state index is 0.00654. The third-order valence-electron chi connectivity index (χ3n) is 17.4. The van der Waals surface area contributed by atoms with E-state index in [1.54, 1.807) is 25.5 Å². The number of halogens is 3. The first-order valence-electron chi connectivity index (χ1n) is 30.4. The lowest BCUT2D eigenvalue weighted by molar-refractivity contribution is -0.136. The molecule has 1 atom stereocenters. The number of hydrogen-bond donors (Lipinski definition) is 3. The Morgan fingerprint density at radius 2 is 1.15 bits per heavy atom. The Morgan fingerprint density at radius 1 is 0.568 bits per heavy atom. The second-order valence-corrected chi connectivity index (χ2v) is 29.6. The summed E-state index contributed by atoms with van der Waals surface area (Å²) in [6.45, 7) is 22.6. The quantitative estimate of drug-likeness (QED) is 0.140. The van der Waals surface area contributed by atoms with Crippen LogP contribution in [0.4, 0.5) is 18.3 Å². The van der Waals surface area contributed by atoms with E-state index >= 15 is 0 Å². The summed E-state index contributed by atoms with van der Waals surface area (Å²) in [7, 11) is 4.03. The zero-order valence-corrected chi connectivity index (χ0v) is 54.2. The second-order valence-electron chi connectivity index (χ2n) is 26.4. The number of alkyl halides is 3. The third-order valence-corrected chi connectivity index (χ3v) is 20.9. The van der Waals surface area contributed by atoms with Crippen molar-refractivity contribution < 1.29 is 13.2 Å². The molecule has 3 aliphatic rings. The highest BCUT2D eigenvalue weighted by Crippen LogP contribution is 2.42. The number of thiazole rings is 3. The fourth-order valence-electron chi connectivity index (χ4n) is 13.5. The predicted octanol–water partition coefficient (Wildman–Crippen LogP) is 15.9. The van der Waals surface area contributed by atoms with E-state index in [1.807, 2.05) is 47.4 Å². The summed E-state index contributed by atoms with van der Waals surface area (Å²) < 4.78 is 50.2. The van der Waals surface area contributed by atoms with Crippen LogP contribution in [0, 0.1) is 20.8 Å². The number of nitrogens with one attached hydrogen (secondary N) is 3. The monoisotopic (exact) mass is 1240 g/mol. The van der Waals surface area contributed by atoms with Gasteiger partial charge in [-0.05, 0) is 203 Å². The van der Waals surface area contributed by atoms with Crippen LogP contribution in [0.5, 0.6) is 0 Å². The lowest BCUT2D eigenvalue weighted by Gasteiger charge is -2.48. The molecule has 20 heteroatoms. The summed E-state index contributed by atoms with van der Waals surface area (Å²) in [5.74, 6) is 1.18. The predicted molar refractivity (Wildman–Crippen MR) is 356 cm³/mol. The van der Waals surface area contributed by atoms with E-state index in [-0.39, 0.29) is 22.3 Å². The van der Waals surface area contributed by atoms with Crippen LogP contribution in [-0.4, -0.2) is 97.8 Å². The number of nitrogens with zero attached hydrogens (tertiary/aromatic N) is 11. The van der Waals surface area contributed by atoms with Gasteiger partial charge in [-0.1, -0.05) is 29.5 Å². The van der Waals surface area contributed by atoms with Crippen molar-refractivity contribution >= 4 is 92.0 Å². The lowest BCUT2D eigenvalue weighted by Crippen LogP contribution is -2.61. The molecule has 0 bridgehead atoms. The van der Waals surface area contributed by atoms with Crippen LogP contribution in [-0.2, 0) is 13.2 Å². The number of anilines is 1. The van der Waals surface area contributed by atoms with E-state index in [2.05, 4.69) is 180 Å². The van der Waals surface area contributed by atoms with Gasteiger partial charge in [0.15, 0.2) is 5.13 Å². The molecule has 88 heavy (non-hydrogen) atoms. The van der Waals surface area contributed by atoms with Crippen molar-refractivity contribution in [1.29, 1.82) is 0 Å². The van der Waals surface area contributed by atoms with Gasteiger partial charge in [0.2, 0.25) is 0 Å². The van der Waals surface area contributed by atoms with Crippen molar-refractivity contribution in [2.75, 3.05) is 31.6 Å². The van der Waals surface area contributed by atoms with Crippen LogP contribution in [0.15, 0.2) is 110 Å². The fourth-order valence-corrected chi connectivity index (χ4v) is 16.8. The van der Waals surface area contributed by atoms with Crippen molar-refractivity contribution in [2.24, 2.45) is 7.05 Å². The molecular formula is C68H75F3N14S3. The third kappa shape index (κ3) is 12.6. The van der Waals surface area contributed by atoms with E-state index in [1.165, 1.54) is 87.6 Å². The first-order chi connectivity index (χ1) is 41.8. The van der Waals surface area contributed by atoms with Gasteiger partial charge in [0.1, 0.15) is 16.8 Å². The van der Waals surface area contributed by atoms with Crippen LogP contribution in [0.25, 0.3) is 86.4 Å².